The first-order chi connectivity index (χ1) is 9.62. The van der Waals surface area contributed by atoms with Crippen LogP contribution in [0.3, 0.4) is 0 Å². The van der Waals surface area contributed by atoms with Crippen LogP contribution in [-0.4, -0.2) is 42.7 Å². The van der Waals surface area contributed by atoms with Crippen LogP contribution in [0, 0.1) is 0 Å². The van der Waals surface area contributed by atoms with Gasteiger partial charge in [-0.05, 0) is 31.4 Å². The Balaban J connectivity index is 1.83. The van der Waals surface area contributed by atoms with Crippen LogP contribution in [-0.2, 0) is 10.0 Å². The van der Waals surface area contributed by atoms with Gasteiger partial charge in [-0.15, -0.1) is 0 Å². The van der Waals surface area contributed by atoms with Crippen LogP contribution < -0.4 is 4.74 Å². The molecule has 2 rings (SSSR count). The summed E-state index contributed by atoms with van der Waals surface area (Å²) < 4.78 is 31.6. The number of piperidine rings is 1. The predicted molar refractivity (Wildman–Crippen MR) is 78.2 cm³/mol. The number of pyridine rings is 1. The molecule has 0 aliphatic carbocycles. The number of ether oxygens (including phenoxy) is 1. The monoisotopic (exact) mass is 298 g/mol. The van der Waals surface area contributed by atoms with Crippen molar-refractivity contribution in [1.29, 1.82) is 0 Å². The molecule has 0 unspecified atom stereocenters. The lowest BCUT2D eigenvalue weighted by Crippen LogP contribution is -2.42. The Morgan fingerprint density at radius 1 is 1.40 bits per heavy atom. The van der Waals surface area contributed by atoms with Crippen molar-refractivity contribution in [2.24, 2.45) is 0 Å². The quantitative estimate of drug-likeness (QED) is 0.806. The summed E-state index contributed by atoms with van der Waals surface area (Å²) in [5.74, 6) is 1.01. The molecule has 112 valence electrons. The first-order valence-electron chi connectivity index (χ1n) is 7.16. The van der Waals surface area contributed by atoms with Crippen molar-refractivity contribution in [1.82, 2.24) is 9.29 Å². The maximum Gasteiger partial charge on any atom is 0.214 e. The van der Waals surface area contributed by atoms with Gasteiger partial charge in [0.25, 0.3) is 0 Å². The molecule has 6 heteroatoms. The molecule has 0 spiro atoms. The summed E-state index contributed by atoms with van der Waals surface area (Å²) in [7, 11) is -3.08. The molecule has 0 amide bonds. The average molecular weight is 298 g/mol. The summed E-state index contributed by atoms with van der Waals surface area (Å²) in [5, 5.41) is 0. The second-order valence-electron chi connectivity index (χ2n) is 5.07. The Morgan fingerprint density at radius 3 is 2.75 bits per heavy atom. The highest BCUT2D eigenvalue weighted by Crippen LogP contribution is 2.20. The number of hydrogen-bond acceptors (Lipinski definition) is 4. The van der Waals surface area contributed by atoms with Crippen molar-refractivity contribution in [3.05, 3.63) is 24.5 Å². The molecule has 0 saturated carbocycles. The van der Waals surface area contributed by atoms with Gasteiger partial charge in [0, 0.05) is 19.3 Å². The lowest BCUT2D eigenvalue weighted by Gasteiger charge is -2.31. The van der Waals surface area contributed by atoms with E-state index in [1.807, 2.05) is 19.1 Å². The molecular formula is C14H22N2O3S. The molecule has 0 aromatic carbocycles. The van der Waals surface area contributed by atoms with Gasteiger partial charge in [-0.2, -0.15) is 0 Å². The molecule has 1 saturated heterocycles. The van der Waals surface area contributed by atoms with E-state index in [-0.39, 0.29) is 11.9 Å². The Labute approximate surface area is 121 Å². The normalized spacial score (nSPS) is 18.1. The molecule has 1 aromatic heterocycles. The summed E-state index contributed by atoms with van der Waals surface area (Å²) in [6.45, 7) is 3.11. The van der Waals surface area contributed by atoms with E-state index in [1.165, 1.54) is 0 Å². The number of rotatable bonds is 6. The maximum atomic E-state index is 12.1. The standard InChI is InChI=1S/C14H22N2O3S/c1-2-3-11-20(17,18)16-9-6-13(7-10-16)19-14-5-4-8-15-12-14/h4-5,8,12-13H,2-3,6-7,9-11H2,1H3. The lowest BCUT2D eigenvalue weighted by molar-refractivity contribution is 0.134. The summed E-state index contributed by atoms with van der Waals surface area (Å²) in [4.78, 5) is 4.01. The lowest BCUT2D eigenvalue weighted by atomic mass is 10.1. The minimum Gasteiger partial charge on any atom is -0.489 e. The van der Waals surface area contributed by atoms with Crippen LogP contribution in [0.1, 0.15) is 32.6 Å². The number of aromatic nitrogens is 1. The second-order valence-corrected chi connectivity index (χ2v) is 7.16. The molecule has 1 aromatic rings. The number of sulfonamides is 1. The van der Waals surface area contributed by atoms with Crippen LogP contribution in [0.4, 0.5) is 0 Å². The van der Waals surface area contributed by atoms with Gasteiger partial charge in [-0.3, -0.25) is 4.98 Å². The summed E-state index contributed by atoms with van der Waals surface area (Å²) >= 11 is 0. The average Bonchev–Trinajstić information content (AvgIpc) is 2.47. The van der Waals surface area contributed by atoms with Crippen molar-refractivity contribution >= 4 is 10.0 Å². The highest BCUT2D eigenvalue weighted by atomic mass is 32.2. The summed E-state index contributed by atoms with van der Waals surface area (Å²) in [5.41, 5.74) is 0. The van der Waals surface area contributed by atoms with E-state index in [1.54, 1.807) is 16.7 Å². The molecule has 5 nitrogen and oxygen atoms in total. The number of nitrogens with zero attached hydrogens (tertiary/aromatic N) is 2. The van der Waals surface area contributed by atoms with Gasteiger partial charge in [0.05, 0.1) is 11.9 Å². The van der Waals surface area contributed by atoms with Gasteiger partial charge in [-0.25, -0.2) is 12.7 Å². The predicted octanol–water partition coefficient (Wildman–Crippen LogP) is 2.05. The van der Waals surface area contributed by atoms with Crippen molar-refractivity contribution in [2.45, 2.75) is 38.7 Å². The van der Waals surface area contributed by atoms with E-state index in [2.05, 4.69) is 4.98 Å². The molecular weight excluding hydrogens is 276 g/mol. The Bertz CT molecular complexity index is 496. The topological polar surface area (TPSA) is 59.5 Å². The first kappa shape index (κ1) is 15.3. The van der Waals surface area contributed by atoms with Crippen LogP contribution in [0.25, 0.3) is 0 Å². The fourth-order valence-electron chi connectivity index (χ4n) is 2.29. The highest BCUT2D eigenvalue weighted by Gasteiger charge is 2.28. The number of hydrogen-bond donors (Lipinski definition) is 0. The van der Waals surface area contributed by atoms with Gasteiger partial charge in [0.1, 0.15) is 11.9 Å². The Morgan fingerprint density at radius 2 is 2.15 bits per heavy atom. The minimum atomic E-state index is -3.08. The zero-order chi connectivity index (χ0) is 14.4. The van der Waals surface area contributed by atoms with Crippen molar-refractivity contribution in [2.75, 3.05) is 18.8 Å². The van der Waals surface area contributed by atoms with E-state index in [0.29, 0.717) is 13.1 Å². The second kappa shape index (κ2) is 7.04. The van der Waals surface area contributed by atoms with Gasteiger partial charge < -0.3 is 4.74 Å². The third kappa shape index (κ3) is 4.18. The zero-order valence-corrected chi connectivity index (χ0v) is 12.7. The Hall–Kier alpha value is -1.14. The molecule has 0 radical (unpaired) electrons. The fourth-order valence-corrected chi connectivity index (χ4v) is 3.97. The van der Waals surface area contributed by atoms with Crippen LogP contribution in [0.5, 0.6) is 5.75 Å². The maximum absolute atomic E-state index is 12.1. The first-order valence-corrected chi connectivity index (χ1v) is 8.77. The zero-order valence-electron chi connectivity index (χ0n) is 11.9. The van der Waals surface area contributed by atoms with E-state index in [4.69, 9.17) is 4.74 Å². The van der Waals surface area contributed by atoms with Crippen LogP contribution in [0.2, 0.25) is 0 Å². The molecule has 20 heavy (non-hydrogen) atoms. The smallest absolute Gasteiger partial charge is 0.214 e. The summed E-state index contributed by atoms with van der Waals surface area (Å²) in [6, 6.07) is 3.71. The van der Waals surface area contributed by atoms with Crippen molar-refractivity contribution in [3.63, 3.8) is 0 Å². The van der Waals surface area contributed by atoms with Crippen molar-refractivity contribution < 1.29 is 13.2 Å². The Kier molecular flexibility index (Phi) is 5.37. The van der Waals surface area contributed by atoms with Gasteiger partial charge in [-0.1, -0.05) is 13.3 Å². The third-order valence-electron chi connectivity index (χ3n) is 3.49. The van der Waals surface area contributed by atoms with Crippen molar-refractivity contribution in [3.8, 4) is 5.75 Å². The molecule has 0 bridgehead atoms. The third-order valence-corrected chi connectivity index (χ3v) is 5.44. The van der Waals surface area contributed by atoms with Gasteiger partial charge in [0.15, 0.2) is 0 Å². The van der Waals surface area contributed by atoms with Crippen LogP contribution in [0.15, 0.2) is 24.5 Å². The van der Waals surface area contributed by atoms with Gasteiger partial charge in [0.2, 0.25) is 10.0 Å². The van der Waals surface area contributed by atoms with E-state index >= 15 is 0 Å². The molecule has 1 aliphatic heterocycles. The van der Waals surface area contributed by atoms with E-state index < -0.39 is 10.0 Å². The van der Waals surface area contributed by atoms with E-state index in [0.717, 1.165) is 31.4 Å². The molecule has 1 aliphatic rings. The molecule has 1 fully saturated rings. The van der Waals surface area contributed by atoms with Gasteiger partial charge >= 0.3 is 0 Å². The minimum absolute atomic E-state index is 0.0804. The van der Waals surface area contributed by atoms with Crippen LogP contribution >= 0.6 is 0 Å². The van der Waals surface area contributed by atoms with E-state index in [9.17, 15) is 8.42 Å². The molecule has 2 heterocycles. The fraction of sp³-hybridized carbons (Fsp3) is 0.643. The summed E-state index contributed by atoms with van der Waals surface area (Å²) in [6.07, 6.45) is 6.58. The molecule has 0 atom stereocenters. The highest BCUT2D eigenvalue weighted by molar-refractivity contribution is 7.89. The number of unbranched alkanes of at least 4 members (excludes halogenated alkanes) is 1. The largest absolute Gasteiger partial charge is 0.489 e. The molecule has 0 N–H and O–H groups in total. The SMILES string of the molecule is CCCCS(=O)(=O)N1CCC(Oc2cccnc2)CC1.